The predicted molar refractivity (Wildman–Crippen MR) is 147 cm³/mol. The molecule has 1 aliphatic rings. The summed E-state index contributed by atoms with van der Waals surface area (Å²) in [4.78, 5) is 17.6. The van der Waals surface area contributed by atoms with Gasteiger partial charge >= 0.3 is 0 Å². The molecule has 0 spiro atoms. The minimum absolute atomic E-state index is 0.159. The van der Waals surface area contributed by atoms with E-state index in [0.29, 0.717) is 5.69 Å². The number of hydrogen-bond acceptors (Lipinski definition) is 5. The molecule has 4 aromatic rings. The second kappa shape index (κ2) is 10.6. The van der Waals surface area contributed by atoms with Gasteiger partial charge in [0.15, 0.2) is 0 Å². The van der Waals surface area contributed by atoms with Gasteiger partial charge in [0.2, 0.25) is 0 Å². The van der Waals surface area contributed by atoms with Gasteiger partial charge in [-0.3, -0.25) is 4.79 Å². The lowest BCUT2D eigenvalue weighted by molar-refractivity contribution is 0.102. The van der Waals surface area contributed by atoms with Crippen molar-refractivity contribution >= 4 is 40.0 Å². The Kier molecular flexibility index (Phi) is 6.91. The van der Waals surface area contributed by atoms with E-state index in [1.165, 1.54) is 5.69 Å². The van der Waals surface area contributed by atoms with Crippen molar-refractivity contribution in [2.24, 2.45) is 0 Å². The number of carbonyl (C=O) groups excluding carboxylic acids is 1. The number of aliphatic hydroxyl groups is 1. The first-order valence-electron chi connectivity index (χ1n) is 12.3. The number of rotatable bonds is 7. The van der Waals surface area contributed by atoms with Gasteiger partial charge in [0, 0.05) is 52.9 Å². The number of amides is 1. The number of aromatic amines is 1. The van der Waals surface area contributed by atoms with Gasteiger partial charge in [-0.1, -0.05) is 0 Å². The summed E-state index contributed by atoms with van der Waals surface area (Å²) in [7, 11) is 0. The fourth-order valence-corrected chi connectivity index (χ4v) is 4.32. The molecule has 7 heteroatoms. The summed E-state index contributed by atoms with van der Waals surface area (Å²) in [5.74, 6) is -0.159. The molecule has 1 aliphatic heterocycles. The fraction of sp³-hybridized carbons (Fsp3) is 0.207. The zero-order valence-corrected chi connectivity index (χ0v) is 20.3. The summed E-state index contributed by atoms with van der Waals surface area (Å²) in [6.07, 6.45) is 1.50. The standard InChI is InChI=1S/C29H31N5O2/c1-20-2-15-28(30-20)29(36)33-25-9-7-23(8-10-25)31-21-3-5-22(6-4-21)32-24-11-13-26(14-12-24)34-18-16-27(35)17-19-34/h2-15,27,30-32,35H,16-19H2,1H3,(H,33,36). The number of anilines is 6. The van der Waals surface area contributed by atoms with Crippen molar-refractivity contribution in [2.75, 3.05) is 33.9 Å². The van der Waals surface area contributed by atoms with Crippen molar-refractivity contribution in [1.82, 2.24) is 4.98 Å². The first-order chi connectivity index (χ1) is 17.5. The molecule has 0 saturated carbocycles. The molecule has 184 valence electrons. The summed E-state index contributed by atoms with van der Waals surface area (Å²) in [5.41, 5.74) is 7.37. The maximum atomic E-state index is 12.3. The number of benzene rings is 3. The monoisotopic (exact) mass is 481 g/mol. The molecular weight excluding hydrogens is 450 g/mol. The van der Waals surface area contributed by atoms with Crippen LogP contribution < -0.4 is 20.9 Å². The van der Waals surface area contributed by atoms with Gasteiger partial charge in [0.1, 0.15) is 5.69 Å². The van der Waals surface area contributed by atoms with E-state index in [-0.39, 0.29) is 12.0 Å². The van der Waals surface area contributed by atoms with E-state index in [1.54, 1.807) is 6.07 Å². The third kappa shape index (κ3) is 5.87. The maximum absolute atomic E-state index is 12.3. The number of aryl methyl sites for hydroxylation is 1. The summed E-state index contributed by atoms with van der Waals surface area (Å²) in [5, 5.41) is 19.4. The number of aromatic nitrogens is 1. The van der Waals surface area contributed by atoms with Crippen LogP contribution in [0.15, 0.2) is 84.9 Å². The van der Waals surface area contributed by atoms with Crippen LogP contribution in [0.5, 0.6) is 0 Å². The highest BCUT2D eigenvalue weighted by Crippen LogP contribution is 2.26. The average molecular weight is 482 g/mol. The Bertz CT molecular complexity index is 1290. The molecule has 1 amide bonds. The van der Waals surface area contributed by atoms with Crippen molar-refractivity contribution in [3.8, 4) is 0 Å². The maximum Gasteiger partial charge on any atom is 0.272 e. The van der Waals surface area contributed by atoms with E-state index >= 15 is 0 Å². The van der Waals surface area contributed by atoms with Crippen molar-refractivity contribution in [3.05, 3.63) is 96.3 Å². The number of aliphatic hydroxyl groups excluding tert-OH is 1. The highest BCUT2D eigenvalue weighted by Gasteiger charge is 2.17. The lowest BCUT2D eigenvalue weighted by Crippen LogP contribution is -2.35. The molecule has 1 aromatic heterocycles. The second-order valence-electron chi connectivity index (χ2n) is 9.18. The summed E-state index contributed by atoms with van der Waals surface area (Å²) < 4.78 is 0. The van der Waals surface area contributed by atoms with Gasteiger partial charge in [-0.25, -0.2) is 0 Å². The number of nitrogens with one attached hydrogen (secondary N) is 4. The van der Waals surface area contributed by atoms with Crippen LogP contribution in [0.4, 0.5) is 34.1 Å². The van der Waals surface area contributed by atoms with E-state index in [1.807, 2.05) is 61.5 Å². The highest BCUT2D eigenvalue weighted by molar-refractivity contribution is 6.03. The minimum atomic E-state index is -0.161. The summed E-state index contributed by atoms with van der Waals surface area (Å²) in [6.45, 7) is 3.71. The number of H-pyrrole nitrogens is 1. The average Bonchev–Trinajstić information content (AvgIpc) is 3.34. The molecule has 3 aromatic carbocycles. The number of carbonyl (C=O) groups is 1. The van der Waals surface area contributed by atoms with Crippen LogP contribution in [-0.2, 0) is 0 Å². The fourth-order valence-electron chi connectivity index (χ4n) is 4.32. The number of hydrogen-bond donors (Lipinski definition) is 5. The minimum Gasteiger partial charge on any atom is -0.393 e. The molecule has 0 radical (unpaired) electrons. The third-order valence-corrected chi connectivity index (χ3v) is 6.38. The predicted octanol–water partition coefficient (Wildman–Crippen LogP) is 6.02. The molecule has 1 saturated heterocycles. The quantitative estimate of drug-likeness (QED) is 0.222. The Balaban J connectivity index is 1.13. The van der Waals surface area contributed by atoms with Gasteiger partial charge in [-0.15, -0.1) is 0 Å². The zero-order chi connectivity index (χ0) is 24.9. The molecule has 0 bridgehead atoms. The van der Waals surface area contributed by atoms with Gasteiger partial charge in [0.05, 0.1) is 6.10 Å². The SMILES string of the molecule is Cc1ccc(C(=O)Nc2ccc(Nc3ccc(Nc4ccc(N5CCC(O)CC5)cc4)cc3)cc2)[nH]1. The number of nitrogens with zero attached hydrogens (tertiary/aromatic N) is 1. The molecule has 5 N–H and O–H groups in total. The Morgan fingerprint density at radius 1 is 0.750 bits per heavy atom. The molecule has 36 heavy (non-hydrogen) atoms. The third-order valence-electron chi connectivity index (χ3n) is 6.38. The normalized spacial score (nSPS) is 13.9. The van der Waals surface area contributed by atoms with Gasteiger partial charge in [-0.05, 0) is 105 Å². The van der Waals surface area contributed by atoms with Crippen molar-refractivity contribution in [1.29, 1.82) is 0 Å². The molecule has 2 heterocycles. The van der Waals surface area contributed by atoms with Crippen molar-refractivity contribution in [2.45, 2.75) is 25.9 Å². The van der Waals surface area contributed by atoms with Crippen LogP contribution >= 0.6 is 0 Å². The summed E-state index contributed by atoms with van der Waals surface area (Å²) >= 11 is 0. The van der Waals surface area contributed by atoms with Crippen LogP contribution in [0.1, 0.15) is 29.0 Å². The number of piperidine rings is 1. The van der Waals surface area contributed by atoms with Gasteiger partial charge in [-0.2, -0.15) is 0 Å². The molecule has 0 aliphatic carbocycles. The Morgan fingerprint density at radius 2 is 1.22 bits per heavy atom. The lowest BCUT2D eigenvalue weighted by Gasteiger charge is -2.31. The first-order valence-corrected chi connectivity index (χ1v) is 12.3. The van der Waals surface area contributed by atoms with E-state index in [2.05, 4.69) is 50.1 Å². The largest absolute Gasteiger partial charge is 0.393 e. The van der Waals surface area contributed by atoms with E-state index in [4.69, 9.17) is 0 Å². The highest BCUT2D eigenvalue weighted by atomic mass is 16.3. The topological polar surface area (TPSA) is 92.4 Å². The molecule has 1 fully saturated rings. The zero-order valence-electron chi connectivity index (χ0n) is 20.3. The smallest absolute Gasteiger partial charge is 0.272 e. The molecular formula is C29H31N5O2. The second-order valence-corrected chi connectivity index (χ2v) is 9.18. The Morgan fingerprint density at radius 3 is 1.69 bits per heavy atom. The lowest BCUT2D eigenvalue weighted by atomic mass is 10.1. The van der Waals surface area contributed by atoms with Crippen LogP contribution in [-0.4, -0.2) is 35.2 Å². The Labute approximate surface area is 211 Å². The van der Waals surface area contributed by atoms with E-state index in [0.717, 1.165) is 60.1 Å². The summed E-state index contributed by atoms with van der Waals surface area (Å²) in [6, 6.07) is 27.8. The molecule has 5 rings (SSSR count). The van der Waals surface area contributed by atoms with E-state index in [9.17, 15) is 9.90 Å². The van der Waals surface area contributed by atoms with Crippen LogP contribution in [0.3, 0.4) is 0 Å². The van der Waals surface area contributed by atoms with E-state index < -0.39 is 0 Å². The van der Waals surface area contributed by atoms with Gasteiger partial charge < -0.3 is 30.9 Å². The van der Waals surface area contributed by atoms with Crippen molar-refractivity contribution < 1.29 is 9.90 Å². The first kappa shape index (κ1) is 23.5. The molecule has 7 nitrogen and oxygen atoms in total. The van der Waals surface area contributed by atoms with Gasteiger partial charge in [0.25, 0.3) is 5.91 Å². The Hall–Kier alpha value is -4.23. The van der Waals surface area contributed by atoms with Crippen LogP contribution in [0.25, 0.3) is 0 Å². The molecule has 0 unspecified atom stereocenters. The molecule has 0 atom stereocenters. The van der Waals surface area contributed by atoms with Crippen molar-refractivity contribution in [3.63, 3.8) is 0 Å². The van der Waals surface area contributed by atoms with Crippen LogP contribution in [0, 0.1) is 6.92 Å². The van der Waals surface area contributed by atoms with Crippen LogP contribution in [0.2, 0.25) is 0 Å².